The van der Waals surface area contributed by atoms with E-state index >= 15 is 0 Å². The largest absolute Gasteiger partial charge is 0.381 e. The molecular weight excluding hydrogens is 224 g/mol. The minimum atomic E-state index is 0.000785. The Balaban J connectivity index is 2.35. The van der Waals surface area contributed by atoms with Gasteiger partial charge in [0.1, 0.15) is 11.0 Å². The molecule has 1 aliphatic rings. The number of aromatic nitrogens is 2. The lowest BCUT2D eigenvalue weighted by molar-refractivity contribution is 0.193. The summed E-state index contributed by atoms with van der Waals surface area (Å²) in [6, 6.07) is 1.85. The highest BCUT2D eigenvalue weighted by Gasteiger charge is 2.24. The maximum absolute atomic E-state index is 6.04. The van der Waals surface area contributed by atoms with Gasteiger partial charge in [-0.05, 0) is 12.5 Å². The molecule has 88 valence electrons. The summed E-state index contributed by atoms with van der Waals surface area (Å²) in [6.07, 6.45) is 0.990. The Morgan fingerprint density at radius 2 is 2.12 bits per heavy atom. The summed E-state index contributed by atoms with van der Waals surface area (Å²) in [5.41, 5.74) is 0.996. The van der Waals surface area contributed by atoms with Gasteiger partial charge in [0.05, 0.1) is 12.3 Å². The number of hydrogen-bond donors (Lipinski definition) is 0. The zero-order chi connectivity index (χ0) is 11.8. The Kier molecular flexibility index (Phi) is 3.17. The summed E-state index contributed by atoms with van der Waals surface area (Å²) >= 11 is 6.04. The molecule has 16 heavy (non-hydrogen) atoms. The molecule has 0 amide bonds. The Bertz CT molecular complexity index is 381. The maximum atomic E-state index is 6.04. The standard InChI is InChI=1S/C12H17ClN2O/c1-12(2,3)9-6-10(13)15-11(14-9)8-4-5-16-7-8/h6,8H,4-5,7H2,1-3H3. The van der Waals surface area contributed by atoms with E-state index in [9.17, 15) is 0 Å². The van der Waals surface area contributed by atoms with Gasteiger partial charge in [-0.3, -0.25) is 0 Å². The summed E-state index contributed by atoms with van der Waals surface area (Å²) in [4.78, 5) is 8.91. The van der Waals surface area contributed by atoms with Crippen molar-refractivity contribution in [2.75, 3.05) is 13.2 Å². The van der Waals surface area contributed by atoms with Crippen molar-refractivity contribution in [2.45, 2.75) is 38.5 Å². The summed E-state index contributed by atoms with van der Waals surface area (Å²) in [5.74, 6) is 1.13. The van der Waals surface area contributed by atoms with Crippen LogP contribution in [0.15, 0.2) is 6.07 Å². The van der Waals surface area contributed by atoms with Gasteiger partial charge < -0.3 is 4.74 Å². The normalized spacial score (nSPS) is 21.4. The lowest BCUT2D eigenvalue weighted by atomic mass is 9.92. The first-order valence-electron chi connectivity index (χ1n) is 5.59. The van der Waals surface area contributed by atoms with Gasteiger partial charge in [-0.15, -0.1) is 0 Å². The molecule has 3 nitrogen and oxygen atoms in total. The number of halogens is 1. The third-order valence-corrected chi connectivity index (χ3v) is 2.97. The van der Waals surface area contributed by atoms with Gasteiger partial charge in [0.15, 0.2) is 0 Å². The smallest absolute Gasteiger partial charge is 0.135 e. The van der Waals surface area contributed by atoms with Crippen LogP contribution < -0.4 is 0 Å². The molecular formula is C12H17ClN2O. The van der Waals surface area contributed by atoms with Gasteiger partial charge in [0.25, 0.3) is 0 Å². The van der Waals surface area contributed by atoms with Crippen LogP contribution in [0.3, 0.4) is 0 Å². The summed E-state index contributed by atoms with van der Waals surface area (Å²) in [5, 5.41) is 0.529. The second kappa shape index (κ2) is 4.30. The minimum Gasteiger partial charge on any atom is -0.381 e. The molecule has 1 unspecified atom stereocenters. The van der Waals surface area contributed by atoms with Gasteiger partial charge in [-0.25, -0.2) is 9.97 Å². The fourth-order valence-corrected chi connectivity index (χ4v) is 1.93. The third-order valence-electron chi connectivity index (χ3n) is 2.78. The first-order chi connectivity index (χ1) is 7.47. The van der Waals surface area contributed by atoms with Crippen molar-refractivity contribution in [1.29, 1.82) is 0 Å². The van der Waals surface area contributed by atoms with Crippen LogP contribution in [-0.4, -0.2) is 23.2 Å². The first kappa shape index (κ1) is 11.8. The fourth-order valence-electron chi connectivity index (χ4n) is 1.74. The zero-order valence-electron chi connectivity index (χ0n) is 9.96. The lowest BCUT2D eigenvalue weighted by Gasteiger charge is -2.19. The van der Waals surface area contributed by atoms with Crippen LogP contribution in [0.5, 0.6) is 0 Å². The molecule has 1 aromatic rings. The van der Waals surface area contributed by atoms with Gasteiger partial charge in [0, 0.05) is 17.9 Å². The molecule has 1 aromatic heterocycles. The summed E-state index contributed by atoms with van der Waals surface area (Å²) in [6.45, 7) is 7.89. The van der Waals surface area contributed by atoms with Crippen molar-refractivity contribution in [2.24, 2.45) is 0 Å². The molecule has 0 bridgehead atoms. The highest BCUT2D eigenvalue weighted by Crippen LogP contribution is 2.27. The number of nitrogens with zero attached hydrogens (tertiary/aromatic N) is 2. The van der Waals surface area contributed by atoms with E-state index in [1.54, 1.807) is 0 Å². The predicted molar refractivity (Wildman–Crippen MR) is 63.9 cm³/mol. The number of ether oxygens (including phenoxy) is 1. The van der Waals surface area contributed by atoms with Crippen molar-refractivity contribution in [1.82, 2.24) is 9.97 Å². The van der Waals surface area contributed by atoms with E-state index in [1.165, 1.54) is 0 Å². The molecule has 1 atom stereocenters. The maximum Gasteiger partial charge on any atom is 0.135 e. The molecule has 4 heteroatoms. The van der Waals surface area contributed by atoms with Crippen molar-refractivity contribution in [3.63, 3.8) is 0 Å². The Labute approximate surface area is 101 Å². The summed E-state index contributed by atoms with van der Waals surface area (Å²) in [7, 11) is 0. The first-order valence-corrected chi connectivity index (χ1v) is 5.97. The van der Waals surface area contributed by atoms with E-state index in [2.05, 4.69) is 30.7 Å². The van der Waals surface area contributed by atoms with E-state index in [0.29, 0.717) is 17.7 Å². The van der Waals surface area contributed by atoms with Crippen molar-refractivity contribution < 1.29 is 4.74 Å². The average Bonchev–Trinajstić information content (AvgIpc) is 2.68. The van der Waals surface area contributed by atoms with E-state index in [1.807, 2.05) is 6.07 Å². The molecule has 0 aliphatic carbocycles. The van der Waals surface area contributed by atoms with Crippen LogP contribution in [0, 0.1) is 0 Å². The number of rotatable bonds is 1. The lowest BCUT2D eigenvalue weighted by Crippen LogP contribution is -2.17. The Hall–Kier alpha value is -0.670. The van der Waals surface area contributed by atoms with Crippen LogP contribution in [0.2, 0.25) is 5.15 Å². The molecule has 2 heterocycles. The highest BCUT2D eigenvalue weighted by molar-refractivity contribution is 6.29. The van der Waals surface area contributed by atoms with E-state index in [4.69, 9.17) is 16.3 Å². The molecule has 0 saturated carbocycles. The summed E-state index contributed by atoms with van der Waals surface area (Å²) < 4.78 is 5.35. The SMILES string of the molecule is CC(C)(C)c1cc(Cl)nc(C2CCOC2)n1. The van der Waals surface area contributed by atoms with Crippen LogP contribution >= 0.6 is 11.6 Å². The van der Waals surface area contributed by atoms with Gasteiger partial charge in [-0.1, -0.05) is 32.4 Å². The number of hydrogen-bond acceptors (Lipinski definition) is 3. The molecule has 1 aliphatic heterocycles. The molecule has 0 radical (unpaired) electrons. The fraction of sp³-hybridized carbons (Fsp3) is 0.667. The molecule has 0 N–H and O–H groups in total. The topological polar surface area (TPSA) is 35.0 Å². The minimum absolute atomic E-state index is 0.000785. The average molecular weight is 241 g/mol. The predicted octanol–water partition coefficient (Wildman–Crippen LogP) is 2.93. The van der Waals surface area contributed by atoms with Crippen molar-refractivity contribution in [3.05, 3.63) is 22.7 Å². The molecule has 0 spiro atoms. The van der Waals surface area contributed by atoms with Gasteiger partial charge >= 0.3 is 0 Å². The van der Waals surface area contributed by atoms with Crippen LogP contribution in [-0.2, 0) is 10.2 Å². The molecule has 0 aromatic carbocycles. The van der Waals surface area contributed by atoms with Crippen LogP contribution in [0.25, 0.3) is 0 Å². The highest BCUT2D eigenvalue weighted by atomic mass is 35.5. The second-order valence-electron chi connectivity index (χ2n) is 5.24. The van der Waals surface area contributed by atoms with Crippen LogP contribution in [0.1, 0.15) is 44.6 Å². The van der Waals surface area contributed by atoms with Crippen LogP contribution in [0.4, 0.5) is 0 Å². The van der Waals surface area contributed by atoms with Gasteiger partial charge in [0.2, 0.25) is 0 Å². The zero-order valence-corrected chi connectivity index (χ0v) is 10.7. The van der Waals surface area contributed by atoms with Crippen molar-refractivity contribution >= 4 is 11.6 Å². The van der Waals surface area contributed by atoms with Gasteiger partial charge in [-0.2, -0.15) is 0 Å². The van der Waals surface area contributed by atoms with E-state index in [-0.39, 0.29) is 5.41 Å². The second-order valence-corrected chi connectivity index (χ2v) is 5.63. The molecule has 2 rings (SSSR count). The monoisotopic (exact) mass is 240 g/mol. The third kappa shape index (κ3) is 2.53. The van der Waals surface area contributed by atoms with E-state index < -0.39 is 0 Å². The Morgan fingerprint density at radius 3 is 2.69 bits per heavy atom. The van der Waals surface area contributed by atoms with Crippen molar-refractivity contribution in [3.8, 4) is 0 Å². The molecule has 1 saturated heterocycles. The molecule has 1 fully saturated rings. The Morgan fingerprint density at radius 1 is 1.38 bits per heavy atom. The quantitative estimate of drug-likeness (QED) is 0.708. The van der Waals surface area contributed by atoms with E-state index in [0.717, 1.165) is 24.5 Å².